The zero-order valence-corrected chi connectivity index (χ0v) is 16.1. The van der Waals surface area contributed by atoms with Crippen LogP contribution in [0.4, 0.5) is 0 Å². The van der Waals surface area contributed by atoms with Gasteiger partial charge in [0.15, 0.2) is 0 Å². The Morgan fingerprint density at radius 3 is 2.79 bits per heavy atom. The summed E-state index contributed by atoms with van der Waals surface area (Å²) in [6.45, 7) is 0.734. The third-order valence-corrected chi connectivity index (χ3v) is 5.15. The summed E-state index contributed by atoms with van der Waals surface area (Å²) in [6.07, 6.45) is 1.58. The third-order valence-electron chi connectivity index (χ3n) is 5.15. The molecule has 0 unspecified atom stereocenters. The monoisotopic (exact) mass is 381 g/mol. The molecule has 1 aliphatic carbocycles. The van der Waals surface area contributed by atoms with E-state index in [2.05, 4.69) is 30.4 Å². The minimum absolute atomic E-state index is 0.0337. The second kappa shape index (κ2) is 7.16. The minimum Gasteiger partial charge on any atom is -0.348 e. The molecule has 146 valence electrons. The number of hydrogen-bond donors (Lipinski definition) is 2. The highest BCUT2D eigenvalue weighted by Crippen LogP contribution is 2.36. The van der Waals surface area contributed by atoms with Gasteiger partial charge in [-0.25, -0.2) is 4.79 Å². The van der Waals surface area contributed by atoms with Crippen LogP contribution in [0, 0.1) is 0 Å². The lowest BCUT2D eigenvalue weighted by molar-refractivity contribution is 0.0903. The van der Waals surface area contributed by atoms with Crippen molar-refractivity contribution in [3.05, 3.63) is 52.1 Å². The lowest BCUT2D eigenvalue weighted by atomic mass is 9.79. The number of carbonyl (C=O) groups is 1. The van der Waals surface area contributed by atoms with Gasteiger partial charge in [-0.15, -0.1) is 10.2 Å². The zero-order valence-electron chi connectivity index (χ0n) is 16.1. The number of nitrogens with one attached hydrogen (secondary N) is 2. The molecule has 1 aromatic carbocycles. The number of nitrogens with zero attached hydrogens (tertiary/aromatic N) is 5. The van der Waals surface area contributed by atoms with E-state index in [-0.39, 0.29) is 23.6 Å². The van der Waals surface area contributed by atoms with Crippen molar-refractivity contribution in [1.29, 1.82) is 0 Å². The fourth-order valence-corrected chi connectivity index (χ4v) is 3.63. The van der Waals surface area contributed by atoms with Crippen molar-refractivity contribution in [3.63, 3.8) is 0 Å². The molecule has 0 atom stereocenters. The predicted octanol–water partition coefficient (Wildman–Crippen LogP) is 0.789. The van der Waals surface area contributed by atoms with Crippen molar-refractivity contribution in [2.75, 3.05) is 14.1 Å². The molecule has 28 heavy (non-hydrogen) atoms. The van der Waals surface area contributed by atoms with E-state index in [1.54, 1.807) is 12.1 Å². The molecule has 1 amide bonds. The molecule has 2 heterocycles. The second-order valence-electron chi connectivity index (χ2n) is 7.55. The first-order valence-electron chi connectivity index (χ1n) is 9.25. The van der Waals surface area contributed by atoms with Crippen LogP contribution < -0.4 is 11.0 Å². The molecule has 9 heteroatoms. The van der Waals surface area contributed by atoms with E-state index in [1.807, 2.05) is 37.8 Å². The van der Waals surface area contributed by atoms with Crippen molar-refractivity contribution < 1.29 is 4.79 Å². The zero-order chi connectivity index (χ0) is 19.8. The maximum absolute atomic E-state index is 12.7. The topological polar surface area (TPSA) is 109 Å². The van der Waals surface area contributed by atoms with Gasteiger partial charge in [0, 0.05) is 24.4 Å². The standard InChI is InChI=1S/C19H23N7O2/c1-25(2)10-15-23-24-17(26(15)3)11-8-12(9-11)20-18(27)16-13-6-4-5-7-14(13)21-19(28)22-16/h4-7,11-12H,8-10H2,1-3H3,(H,20,27)(H,21,22,28). The van der Waals surface area contributed by atoms with Gasteiger partial charge in [0.05, 0.1) is 12.1 Å². The smallest absolute Gasteiger partial charge is 0.346 e. The number of aromatic nitrogens is 5. The van der Waals surface area contributed by atoms with Gasteiger partial charge in [-0.2, -0.15) is 4.98 Å². The summed E-state index contributed by atoms with van der Waals surface area (Å²) < 4.78 is 2.04. The second-order valence-corrected chi connectivity index (χ2v) is 7.55. The van der Waals surface area contributed by atoms with E-state index >= 15 is 0 Å². The fourth-order valence-electron chi connectivity index (χ4n) is 3.63. The summed E-state index contributed by atoms with van der Waals surface area (Å²) in [5, 5.41) is 12.2. The van der Waals surface area contributed by atoms with Crippen molar-refractivity contribution in [3.8, 4) is 0 Å². The quantitative estimate of drug-likeness (QED) is 0.676. The summed E-state index contributed by atoms with van der Waals surface area (Å²) in [5.41, 5.74) is 0.240. The first kappa shape index (κ1) is 18.3. The van der Waals surface area contributed by atoms with Gasteiger partial charge in [0.2, 0.25) is 0 Å². The Hall–Kier alpha value is -3.07. The molecule has 2 aromatic heterocycles. The average Bonchev–Trinajstić information content (AvgIpc) is 2.96. The normalized spacial score (nSPS) is 19.0. The number of para-hydroxylation sites is 1. The van der Waals surface area contributed by atoms with Gasteiger partial charge >= 0.3 is 5.69 Å². The lowest BCUT2D eigenvalue weighted by Gasteiger charge is -2.35. The van der Waals surface area contributed by atoms with Crippen molar-refractivity contribution in [2.45, 2.75) is 31.3 Å². The van der Waals surface area contributed by atoms with Crippen LogP contribution in [0.5, 0.6) is 0 Å². The van der Waals surface area contributed by atoms with Gasteiger partial charge < -0.3 is 19.8 Å². The number of amides is 1. The molecule has 1 saturated carbocycles. The van der Waals surface area contributed by atoms with E-state index in [1.165, 1.54) is 0 Å². The maximum Gasteiger partial charge on any atom is 0.346 e. The van der Waals surface area contributed by atoms with Gasteiger partial charge in [0.1, 0.15) is 17.3 Å². The number of fused-ring (bicyclic) bond motifs is 1. The van der Waals surface area contributed by atoms with Gasteiger partial charge in [-0.1, -0.05) is 18.2 Å². The Balaban J connectivity index is 1.44. The molecule has 2 N–H and O–H groups in total. The van der Waals surface area contributed by atoms with E-state index in [9.17, 15) is 9.59 Å². The van der Waals surface area contributed by atoms with Gasteiger partial charge in [0.25, 0.3) is 5.91 Å². The SMILES string of the molecule is CN(C)Cc1nnc(C2CC(NC(=O)c3nc(=O)[nH]c4ccccc34)C2)n1C. The highest BCUT2D eigenvalue weighted by Gasteiger charge is 2.35. The average molecular weight is 381 g/mol. The van der Waals surface area contributed by atoms with E-state index in [4.69, 9.17) is 0 Å². The van der Waals surface area contributed by atoms with E-state index in [0.717, 1.165) is 31.0 Å². The maximum atomic E-state index is 12.7. The highest BCUT2D eigenvalue weighted by molar-refractivity contribution is 6.04. The largest absolute Gasteiger partial charge is 0.348 e. The van der Waals surface area contributed by atoms with Gasteiger partial charge in [-0.05, 0) is 33.0 Å². The van der Waals surface area contributed by atoms with Crippen molar-refractivity contribution in [1.82, 2.24) is 34.9 Å². The van der Waals surface area contributed by atoms with Crippen LogP contribution in [0.15, 0.2) is 29.1 Å². The Kier molecular flexibility index (Phi) is 4.68. The number of carbonyl (C=O) groups excluding carboxylic acids is 1. The molecule has 0 aliphatic heterocycles. The third kappa shape index (κ3) is 3.40. The molecule has 1 fully saturated rings. The summed E-state index contributed by atoms with van der Waals surface area (Å²) >= 11 is 0. The summed E-state index contributed by atoms with van der Waals surface area (Å²) in [6, 6.07) is 7.20. The van der Waals surface area contributed by atoms with E-state index < -0.39 is 5.69 Å². The Morgan fingerprint density at radius 2 is 2.04 bits per heavy atom. The van der Waals surface area contributed by atoms with Crippen LogP contribution in [0.1, 0.15) is 40.9 Å². The lowest BCUT2D eigenvalue weighted by Crippen LogP contribution is -2.44. The first-order chi connectivity index (χ1) is 13.4. The van der Waals surface area contributed by atoms with Crippen LogP contribution in [-0.2, 0) is 13.6 Å². The summed E-state index contributed by atoms with van der Waals surface area (Å²) in [5.74, 6) is 1.81. The summed E-state index contributed by atoms with van der Waals surface area (Å²) in [7, 11) is 5.97. The van der Waals surface area contributed by atoms with Crippen LogP contribution in [0.25, 0.3) is 10.9 Å². The molecule has 0 saturated heterocycles. The first-order valence-corrected chi connectivity index (χ1v) is 9.25. The Labute approximate surface area is 161 Å². The van der Waals surface area contributed by atoms with Crippen molar-refractivity contribution >= 4 is 16.8 Å². The summed E-state index contributed by atoms with van der Waals surface area (Å²) in [4.78, 5) is 33.0. The van der Waals surface area contributed by atoms with Gasteiger partial charge in [-0.3, -0.25) is 4.79 Å². The molecule has 3 aromatic rings. The van der Waals surface area contributed by atoms with Crippen molar-refractivity contribution in [2.24, 2.45) is 7.05 Å². The van der Waals surface area contributed by atoms with Crippen LogP contribution in [0.3, 0.4) is 0 Å². The Morgan fingerprint density at radius 1 is 1.29 bits per heavy atom. The molecular formula is C19H23N7O2. The van der Waals surface area contributed by atoms with E-state index in [0.29, 0.717) is 10.9 Å². The molecule has 1 aliphatic rings. The molecule has 0 radical (unpaired) electrons. The molecule has 0 spiro atoms. The highest BCUT2D eigenvalue weighted by atomic mass is 16.2. The molecule has 0 bridgehead atoms. The number of aromatic amines is 1. The fraction of sp³-hybridized carbons (Fsp3) is 0.421. The van der Waals surface area contributed by atoms with Crippen LogP contribution >= 0.6 is 0 Å². The number of H-pyrrole nitrogens is 1. The van der Waals surface area contributed by atoms with Crippen LogP contribution in [-0.4, -0.2) is 55.7 Å². The number of benzene rings is 1. The number of hydrogen-bond acceptors (Lipinski definition) is 6. The predicted molar refractivity (Wildman–Crippen MR) is 104 cm³/mol. The van der Waals surface area contributed by atoms with Crippen LogP contribution in [0.2, 0.25) is 0 Å². The molecule has 9 nitrogen and oxygen atoms in total. The Bertz CT molecular complexity index is 1080. The number of rotatable bonds is 5. The molecular weight excluding hydrogens is 358 g/mol. The minimum atomic E-state index is -0.525. The molecule has 4 rings (SSSR count).